The van der Waals surface area contributed by atoms with Crippen LogP contribution < -0.4 is 10.1 Å². The Morgan fingerprint density at radius 2 is 1.94 bits per heavy atom. The summed E-state index contributed by atoms with van der Waals surface area (Å²) in [5.41, 5.74) is 2.76. The smallest absolute Gasteiger partial charge is 0.119 e. The summed E-state index contributed by atoms with van der Waals surface area (Å²) in [6.45, 7) is 11.1. The van der Waals surface area contributed by atoms with Crippen LogP contribution in [0, 0.1) is 12.8 Å². The van der Waals surface area contributed by atoms with Gasteiger partial charge in [-0.05, 0) is 61.5 Å². The van der Waals surface area contributed by atoms with Gasteiger partial charge in [-0.1, -0.05) is 26.8 Å². The summed E-state index contributed by atoms with van der Waals surface area (Å²) >= 11 is 0. The number of nitrogens with one attached hydrogen (secondary N) is 1. The molecule has 0 amide bonds. The van der Waals surface area contributed by atoms with Crippen LogP contribution in [-0.2, 0) is 0 Å². The number of benzene rings is 1. The Balaban J connectivity index is 2.48. The fourth-order valence-electron chi connectivity index (χ4n) is 2.19. The molecule has 2 nitrogen and oxygen atoms in total. The number of rotatable bonds is 7. The number of aryl methyl sites for hydroxylation is 1. The SMILES string of the molecule is COc1ccc(C(C)CCNCC(C)C)c(C)c1. The van der Waals surface area contributed by atoms with E-state index in [0.29, 0.717) is 5.92 Å². The molecule has 1 aromatic rings. The molecule has 0 aromatic heterocycles. The van der Waals surface area contributed by atoms with Crippen molar-refractivity contribution >= 4 is 0 Å². The number of hydrogen-bond donors (Lipinski definition) is 1. The Labute approximate surface area is 112 Å². The molecule has 1 rings (SSSR count). The normalized spacial score (nSPS) is 12.8. The summed E-state index contributed by atoms with van der Waals surface area (Å²) in [4.78, 5) is 0. The molecule has 0 radical (unpaired) electrons. The molecule has 0 aliphatic rings. The molecule has 1 aromatic carbocycles. The zero-order valence-corrected chi connectivity index (χ0v) is 12.4. The van der Waals surface area contributed by atoms with E-state index in [4.69, 9.17) is 4.74 Å². The third-order valence-corrected chi connectivity index (χ3v) is 3.31. The standard InChI is InChI=1S/C16H27NO/c1-12(2)11-17-9-8-13(3)16-7-6-15(18-5)10-14(16)4/h6-7,10,12-13,17H,8-9,11H2,1-5H3. The van der Waals surface area contributed by atoms with Gasteiger partial charge in [-0.2, -0.15) is 0 Å². The number of ether oxygens (including phenoxy) is 1. The van der Waals surface area contributed by atoms with Crippen molar-refractivity contribution in [3.8, 4) is 5.75 Å². The minimum absolute atomic E-state index is 0.593. The van der Waals surface area contributed by atoms with E-state index in [1.165, 1.54) is 17.5 Å². The molecule has 0 saturated heterocycles. The first-order valence-corrected chi connectivity index (χ1v) is 6.89. The van der Waals surface area contributed by atoms with Gasteiger partial charge in [0, 0.05) is 0 Å². The van der Waals surface area contributed by atoms with Gasteiger partial charge in [-0.25, -0.2) is 0 Å². The summed E-state index contributed by atoms with van der Waals surface area (Å²) in [5.74, 6) is 2.26. The lowest BCUT2D eigenvalue weighted by molar-refractivity contribution is 0.414. The predicted molar refractivity (Wildman–Crippen MR) is 78.5 cm³/mol. The highest BCUT2D eigenvalue weighted by Crippen LogP contribution is 2.25. The van der Waals surface area contributed by atoms with Gasteiger partial charge in [0.05, 0.1) is 7.11 Å². The highest BCUT2D eigenvalue weighted by molar-refractivity contribution is 5.36. The van der Waals surface area contributed by atoms with Crippen molar-refractivity contribution in [1.29, 1.82) is 0 Å². The van der Waals surface area contributed by atoms with Crippen LogP contribution in [0.3, 0.4) is 0 Å². The largest absolute Gasteiger partial charge is 0.497 e. The second-order valence-electron chi connectivity index (χ2n) is 5.51. The Hall–Kier alpha value is -1.02. The molecule has 0 bridgehead atoms. The van der Waals surface area contributed by atoms with E-state index in [9.17, 15) is 0 Å². The van der Waals surface area contributed by atoms with Crippen LogP contribution in [0.4, 0.5) is 0 Å². The summed E-state index contributed by atoms with van der Waals surface area (Å²) in [5, 5.41) is 3.50. The molecule has 1 atom stereocenters. The van der Waals surface area contributed by atoms with Crippen LogP contribution in [0.2, 0.25) is 0 Å². The highest BCUT2D eigenvalue weighted by Gasteiger charge is 2.09. The lowest BCUT2D eigenvalue weighted by Gasteiger charge is -2.16. The third-order valence-electron chi connectivity index (χ3n) is 3.31. The van der Waals surface area contributed by atoms with E-state index in [1.807, 2.05) is 0 Å². The van der Waals surface area contributed by atoms with Crippen molar-refractivity contribution in [1.82, 2.24) is 5.32 Å². The van der Waals surface area contributed by atoms with Crippen molar-refractivity contribution in [3.63, 3.8) is 0 Å². The second kappa shape index (κ2) is 7.42. The molecule has 0 aliphatic carbocycles. The molecule has 0 aliphatic heterocycles. The predicted octanol–water partition coefficient (Wildman–Crippen LogP) is 3.74. The first-order chi connectivity index (χ1) is 8.54. The molecular weight excluding hydrogens is 222 g/mol. The van der Waals surface area contributed by atoms with E-state index in [0.717, 1.165) is 24.8 Å². The lowest BCUT2D eigenvalue weighted by Crippen LogP contribution is -2.21. The Morgan fingerprint density at radius 1 is 1.22 bits per heavy atom. The highest BCUT2D eigenvalue weighted by atomic mass is 16.5. The van der Waals surface area contributed by atoms with Gasteiger partial charge in [0.1, 0.15) is 5.75 Å². The zero-order valence-electron chi connectivity index (χ0n) is 12.4. The summed E-state index contributed by atoms with van der Waals surface area (Å²) < 4.78 is 5.24. The van der Waals surface area contributed by atoms with Gasteiger partial charge in [0.15, 0.2) is 0 Å². The fourth-order valence-corrected chi connectivity index (χ4v) is 2.19. The van der Waals surface area contributed by atoms with E-state index in [2.05, 4.69) is 51.2 Å². The molecule has 0 heterocycles. The summed E-state index contributed by atoms with van der Waals surface area (Å²) in [6, 6.07) is 6.37. The minimum Gasteiger partial charge on any atom is -0.497 e. The Morgan fingerprint density at radius 3 is 2.50 bits per heavy atom. The average molecular weight is 249 g/mol. The maximum atomic E-state index is 5.24. The first kappa shape index (κ1) is 15.0. The molecule has 0 spiro atoms. The van der Waals surface area contributed by atoms with Gasteiger partial charge in [-0.15, -0.1) is 0 Å². The summed E-state index contributed by atoms with van der Waals surface area (Å²) in [7, 11) is 1.72. The topological polar surface area (TPSA) is 21.3 Å². The minimum atomic E-state index is 0.593. The monoisotopic (exact) mass is 249 g/mol. The van der Waals surface area contributed by atoms with Gasteiger partial charge >= 0.3 is 0 Å². The molecule has 102 valence electrons. The van der Waals surface area contributed by atoms with Crippen LogP contribution in [0.15, 0.2) is 18.2 Å². The number of hydrogen-bond acceptors (Lipinski definition) is 2. The van der Waals surface area contributed by atoms with Crippen molar-refractivity contribution < 1.29 is 4.74 Å². The molecule has 0 fully saturated rings. The van der Waals surface area contributed by atoms with E-state index in [-0.39, 0.29) is 0 Å². The fraction of sp³-hybridized carbons (Fsp3) is 0.625. The number of methoxy groups -OCH3 is 1. The quantitative estimate of drug-likeness (QED) is 0.743. The Kier molecular flexibility index (Phi) is 6.20. The zero-order chi connectivity index (χ0) is 13.5. The molecule has 1 N–H and O–H groups in total. The third kappa shape index (κ3) is 4.69. The van der Waals surface area contributed by atoms with Crippen molar-refractivity contribution in [2.75, 3.05) is 20.2 Å². The van der Waals surface area contributed by atoms with Crippen molar-refractivity contribution in [3.05, 3.63) is 29.3 Å². The molecule has 1 unspecified atom stereocenters. The average Bonchev–Trinajstić information content (AvgIpc) is 2.33. The van der Waals surface area contributed by atoms with E-state index in [1.54, 1.807) is 7.11 Å². The van der Waals surface area contributed by atoms with Gasteiger partial charge < -0.3 is 10.1 Å². The maximum absolute atomic E-state index is 5.24. The van der Waals surface area contributed by atoms with Gasteiger partial charge in [0.25, 0.3) is 0 Å². The van der Waals surface area contributed by atoms with Crippen molar-refractivity contribution in [2.24, 2.45) is 5.92 Å². The Bertz CT molecular complexity index is 360. The van der Waals surface area contributed by atoms with Crippen LogP contribution >= 0.6 is 0 Å². The van der Waals surface area contributed by atoms with E-state index < -0.39 is 0 Å². The van der Waals surface area contributed by atoms with Crippen LogP contribution in [0.5, 0.6) is 5.75 Å². The van der Waals surface area contributed by atoms with E-state index >= 15 is 0 Å². The van der Waals surface area contributed by atoms with Crippen LogP contribution in [-0.4, -0.2) is 20.2 Å². The van der Waals surface area contributed by atoms with Crippen molar-refractivity contribution in [2.45, 2.75) is 40.0 Å². The van der Waals surface area contributed by atoms with Crippen LogP contribution in [0.1, 0.15) is 44.2 Å². The summed E-state index contributed by atoms with van der Waals surface area (Å²) in [6.07, 6.45) is 1.18. The molecule has 2 heteroatoms. The van der Waals surface area contributed by atoms with Crippen LogP contribution in [0.25, 0.3) is 0 Å². The second-order valence-corrected chi connectivity index (χ2v) is 5.51. The van der Waals surface area contributed by atoms with Gasteiger partial charge in [0.2, 0.25) is 0 Å². The molecule has 0 saturated carbocycles. The first-order valence-electron chi connectivity index (χ1n) is 6.89. The molecular formula is C16H27NO. The van der Waals surface area contributed by atoms with Gasteiger partial charge in [-0.3, -0.25) is 0 Å². The lowest BCUT2D eigenvalue weighted by atomic mass is 9.93. The molecule has 18 heavy (non-hydrogen) atoms. The maximum Gasteiger partial charge on any atom is 0.119 e.